The van der Waals surface area contributed by atoms with Crippen molar-refractivity contribution in [2.45, 2.75) is 52.4 Å². The van der Waals surface area contributed by atoms with Crippen LogP contribution in [0.3, 0.4) is 0 Å². The predicted octanol–water partition coefficient (Wildman–Crippen LogP) is -0.695. The van der Waals surface area contributed by atoms with E-state index < -0.39 is 185 Å². The van der Waals surface area contributed by atoms with E-state index in [1.54, 1.807) is 24.8 Å². The molecule has 0 aliphatic rings. The average molecular weight is 2660 g/mol. The molecule has 0 aliphatic heterocycles. The van der Waals surface area contributed by atoms with Crippen LogP contribution in [0.4, 0.5) is 0 Å². The Balaban J connectivity index is 0.00000230. The van der Waals surface area contributed by atoms with Crippen LogP contribution in [0.15, 0.2) is 135 Å². The Hall–Kier alpha value is -12.3. The zero-order chi connectivity index (χ0) is 105. The quantitative estimate of drug-likeness (QED) is 0.0127. The van der Waals surface area contributed by atoms with E-state index in [1.807, 2.05) is 0 Å². The molecule has 0 bridgehead atoms. The maximum atomic E-state index is 13.9. The van der Waals surface area contributed by atoms with Crippen molar-refractivity contribution >= 4 is 82.2 Å². The summed E-state index contributed by atoms with van der Waals surface area (Å²) in [6, 6.07) is 18.1. The number of carbonyl (C=O) groups excluding carboxylic acids is 14. The predicted molar refractivity (Wildman–Crippen MR) is 513 cm³/mol. The number of rotatable bonds is 50. The molecule has 0 spiro atoms. The van der Waals surface area contributed by atoms with E-state index >= 15 is 0 Å². The van der Waals surface area contributed by atoms with Gasteiger partial charge < -0.3 is 154 Å². The van der Waals surface area contributed by atoms with Crippen LogP contribution in [0.1, 0.15) is 196 Å². The SMILES string of the molecule is CCNC(=O)c1ccc(C)c(O)c1O.Cn1ccc(C(=O)CCCN(CCCC(=O)c2ccn(C)c(=O)c2O)CCNC(=O)c2ccc(C(=O)NCCNC(=O)c3cc(C(=O)CNCCNC(=O)c4ccc(C(=O)NCCNCCNC(=O)c5ccn(C)c(=O)c5O)c(O)c4O)cc(C(=O)NCCNC(=O)c4ccc(C(=O)CCCNCCNC(=O)c5ccn(C)c(=O)c5O)c(O)c4O)c3)c(O)c2O)c(O)c1=O.[Tm].[Tm].[Tm].[Tm]. The number of phenols is 8. The second kappa shape index (κ2) is 62.1. The molecule has 9 rings (SSSR count). The molecule has 25 N–H and O–H groups in total. The van der Waals surface area contributed by atoms with Gasteiger partial charge in [-0.05, 0) is 143 Å². The van der Waals surface area contributed by atoms with Crippen molar-refractivity contribution in [3.8, 4) is 69.0 Å². The summed E-state index contributed by atoms with van der Waals surface area (Å²) in [5.74, 6) is -19.6. The van der Waals surface area contributed by atoms with Crippen molar-refractivity contribution in [1.29, 1.82) is 0 Å². The largest absolute Gasteiger partial charge is 0.504 e. The number of phenolic OH excluding ortho intramolecular Hbond substituents is 8. The van der Waals surface area contributed by atoms with Crippen LogP contribution < -0.4 is 91.4 Å². The molecule has 5 aromatic carbocycles. The van der Waals surface area contributed by atoms with Crippen LogP contribution in [0, 0.1) is 154 Å². The van der Waals surface area contributed by atoms with Crippen molar-refractivity contribution in [3.05, 3.63) is 241 Å². The Morgan fingerprint density at radius 3 is 0.830 bits per heavy atom. The fourth-order valence-electron chi connectivity index (χ4n) is 13.9. The normalized spacial score (nSPS) is 10.6. The number of Topliss-reactive ketones (excluding diaryl/α,β-unsaturated/α-hetero) is 4. The third-order valence-corrected chi connectivity index (χ3v) is 22.0. The molecule has 814 valence electrons. The summed E-state index contributed by atoms with van der Waals surface area (Å²) in [6.45, 7) is 3.11. The first-order valence-corrected chi connectivity index (χ1v) is 44.7. The summed E-state index contributed by atoms with van der Waals surface area (Å²) in [5.41, 5.74) is -6.52. The molecule has 4 aromatic heterocycles. The van der Waals surface area contributed by atoms with Crippen molar-refractivity contribution < 1.29 is 276 Å². The van der Waals surface area contributed by atoms with E-state index in [0.29, 0.717) is 12.1 Å². The molecule has 0 fully saturated rings. The van der Waals surface area contributed by atoms with E-state index in [-0.39, 0.29) is 370 Å². The third-order valence-electron chi connectivity index (χ3n) is 22.0. The number of hydrogen-bond donors (Lipinski definition) is 25. The maximum absolute atomic E-state index is 13.9. The summed E-state index contributed by atoms with van der Waals surface area (Å²) >= 11 is 0. The summed E-state index contributed by atoms with van der Waals surface area (Å²) < 4.78 is 4.40. The molecule has 4 radical (unpaired) electrons. The minimum atomic E-state index is -1.01. The van der Waals surface area contributed by atoms with Gasteiger partial charge in [0.05, 0.1) is 67.7 Å². The van der Waals surface area contributed by atoms with Crippen LogP contribution in [-0.4, -0.2) is 291 Å². The van der Waals surface area contributed by atoms with Gasteiger partial charge in [-0.3, -0.25) is 86.3 Å². The molecule has 147 heavy (non-hydrogen) atoms. The van der Waals surface area contributed by atoms with Crippen LogP contribution in [-0.2, 0) is 28.2 Å². The molecule has 0 atom stereocenters. The number of aryl methyl sites for hydroxylation is 5. The Kier molecular flexibility index (Phi) is 53.6. The molecular weight excluding hydrogens is 2550 g/mol. The van der Waals surface area contributed by atoms with Crippen molar-refractivity contribution in [3.63, 3.8) is 0 Å². The molecule has 52 heteroatoms. The molecule has 9 aromatic rings. The number of aromatic hydroxyl groups is 12. The molecule has 48 nitrogen and oxygen atoms in total. The van der Waals surface area contributed by atoms with Crippen LogP contribution >= 0.6 is 0 Å². The average Bonchev–Trinajstić information content (AvgIpc) is 0.806. The molecule has 0 saturated carbocycles. The van der Waals surface area contributed by atoms with Gasteiger partial charge in [-0.15, -0.1) is 0 Å². The first-order valence-electron chi connectivity index (χ1n) is 44.7. The van der Waals surface area contributed by atoms with E-state index in [4.69, 9.17) is 0 Å². The van der Waals surface area contributed by atoms with Crippen LogP contribution in [0.2, 0.25) is 0 Å². The number of pyridine rings is 4. The number of nitrogens with one attached hydrogen (secondary N) is 13. The third kappa shape index (κ3) is 35.7. The van der Waals surface area contributed by atoms with Gasteiger partial charge in [0.15, 0.2) is 92.1 Å². The second-order valence-electron chi connectivity index (χ2n) is 32.2. The Morgan fingerprint density at radius 2 is 0.490 bits per heavy atom. The minimum absolute atomic E-state index is 0. The van der Waals surface area contributed by atoms with Gasteiger partial charge >= 0.3 is 0 Å². The number of carbonyl (C=O) groups is 14. The summed E-state index contributed by atoms with van der Waals surface area (Å²) in [7, 11) is 5.61. The number of hydrogen-bond acceptors (Lipinski definition) is 34. The van der Waals surface area contributed by atoms with Crippen molar-refractivity contribution in [2.24, 2.45) is 28.2 Å². The minimum Gasteiger partial charge on any atom is -0.504 e. The first-order chi connectivity index (χ1) is 68.0. The van der Waals surface area contributed by atoms with Gasteiger partial charge in [0.2, 0.25) is 0 Å². The summed E-state index contributed by atoms with van der Waals surface area (Å²) in [4.78, 5) is 234. The number of aromatic nitrogens is 4. The number of nitrogens with zero attached hydrogens (tertiary/aromatic N) is 5. The van der Waals surface area contributed by atoms with E-state index in [0.717, 1.165) is 72.9 Å². The molecule has 10 amide bonds. The van der Waals surface area contributed by atoms with Crippen molar-refractivity contribution in [1.82, 2.24) is 92.3 Å². The monoisotopic (exact) mass is 2660 g/mol. The molecule has 0 saturated heterocycles. The summed E-state index contributed by atoms with van der Waals surface area (Å²) in [5, 5.41) is 159. The second-order valence-corrected chi connectivity index (χ2v) is 32.2. The topological polar surface area (TPSA) is 729 Å². The van der Waals surface area contributed by atoms with Gasteiger partial charge in [-0.25, -0.2) is 0 Å². The van der Waals surface area contributed by atoms with E-state index in [1.165, 1.54) is 83.3 Å². The number of amides is 10. The van der Waals surface area contributed by atoms with Crippen molar-refractivity contribution in [2.75, 3.05) is 124 Å². The van der Waals surface area contributed by atoms with Crippen LogP contribution in [0.5, 0.6) is 69.0 Å². The van der Waals surface area contributed by atoms with Gasteiger partial charge in [0.25, 0.3) is 81.3 Å². The smallest absolute Gasteiger partial charge is 0.293 e. The molecule has 0 unspecified atom stereocenters. The van der Waals surface area contributed by atoms with E-state index in [2.05, 4.69) is 69.1 Å². The van der Waals surface area contributed by atoms with Gasteiger partial charge in [0, 0.05) is 335 Å². The Labute approximate surface area is 955 Å². The number of ketones is 4. The zero-order valence-corrected chi connectivity index (χ0v) is 86.8. The fraction of sp³-hybridized carbons (Fsp3) is 0.326. The fourth-order valence-corrected chi connectivity index (χ4v) is 13.9. The van der Waals surface area contributed by atoms with Gasteiger partial charge in [-0.1, -0.05) is 6.07 Å². The number of benzene rings is 5. The zero-order valence-electron chi connectivity index (χ0n) is 79.7. The first kappa shape index (κ1) is 127. The Morgan fingerprint density at radius 1 is 0.252 bits per heavy atom. The standard InChI is InChI=1S/C85H99N17O27.C10H13NO3.4Tm/c1-98-37-17-50(69(113)82(98)126)60(104)9-6-35-102(36-7-10-61(105)51-18-38-99(2)83(127)70(51)114)41-34-97-79(123)56-16-15-55(67(111)68(56)112)78(122)96-33-31-90-74(118)48-43-46(62(106)45-88-25-29-94-76(120)54-14-13-53(65(109)66(54)110)75(119)91-27-23-87-24-28-93-81(125)58-20-40-101(4)85(129)72(58)116)42-47(44-48)73(117)89-30-32-95-77(121)52-12-11-49(63(107)64(52)108)59(103)8-5-21-86-22-26-92-80(124)57-19-39-100(3)84(128)71(57)115;1-3-11-10(14)7-5-4-6(2)8(12)9(7)13;;;;/h11-20,37-40,42-44,86-88,107-116H,5-10,21-36,41,45H2,1-4H3,(H,89,117)(H,90,118)(H,91,119)(H,92,124)(H,93,125)(H,94,120)(H,95,121)(H,96,122)(H,97,123);4-5,12-13H,3H2,1-2H3,(H,11,14);;;;. The molecule has 0 aliphatic carbocycles. The van der Waals surface area contributed by atoms with Gasteiger partial charge in [0.1, 0.15) is 0 Å². The van der Waals surface area contributed by atoms with Gasteiger partial charge in [-0.2, -0.15) is 0 Å². The van der Waals surface area contributed by atoms with Crippen LogP contribution in [0.25, 0.3) is 0 Å². The molecule has 4 heterocycles. The van der Waals surface area contributed by atoms with E-state index in [9.17, 15) is 148 Å². The summed E-state index contributed by atoms with van der Waals surface area (Å²) in [6.07, 6.45) is 5.52. The Bertz CT molecular complexity index is 6530. The molecular formula is C95H112N18O30Tm4. The maximum Gasteiger partial charge on any atom is 0.293 e.